The van der Waals surface area contributed by atoms with Crippen LogP contribution in [0.15, 0.2) is 18.2 Å². The topological polar surface area (TPSA) is 26.3 Å². The third kappa shape index (κ3) is 3.96. The standard InChI is InChI=1S/C10H8BrF3O2.H3P/c1-16-9(15)6-2-3-7(5-11)8(4-6)10(12,13)14;/h2-4H,5H2,1H3;1H3. The summed E-state index contributed by atoms with van der Waals surface area (Å²) >= 11 is 2.96. The van der Waals surface area contributed by atoms with Crippen LogP contribution in [0.2, 0.25) is 0 Å². The van der Waals surface area contributed by atoms with E-state index in [4.69, 9.17) is 0 Å². The van der Waals surface area contributed by atoms with Gasteiger partial charge in [-0.1, -0.05) is 22.0 Å². The lowest BCUT2D eigenvalue weighted by atomic mass is 10.0. The molecule has 0 aliphatic carbocycles. The molecule has 1 rings (SSSR count). The summed E-state index contributed by atoms with van der Waals surface area (Å²) in [6, 6.07) is 3.35. The maximum absolute atomic E-state index is 12.6. The number of hydrogen-bond donors (Lipinski definition) is 0. The minimum absolute atomic E-state index is 0. The number of hydrogen-bond acceptors (Lipinski definition) is 2. The lowest BCUT2D eigenvalue weighted by molar-refractivity contribution is -0.138. The van der Waals surface area contributed by atoms with Gasteiger partial charge in [0.25, 0.3) is 0 Å². The highest BCUT2D eigenvalue weighted by Gasteiger charge is 2.33. The van der Waals surface area contributed by atoms with Crippen LogP contribution in [0.25, 0.3) is 0 Å². The van der Waals surface area contributed by atoms with E-state index in [1.54, 1.807) is 0 Å². The Hall–Kier alpha value is -0.610. The normalized spacial score (nSPS) is 10.6. The molecule has 1 unspecified atom stereocenters. The van der Waals surface area contributed by atoms with Crippen LogP contribution in [0, 0.1) is 0 Å². The van der Waals surface area contributed by atoms with Gasteiger partial charge in [-0.05, 0) is 17.7 Å². The molecule has 96 valence electrons. The van der Waals surface area contributed by atoms with Gasteiger partial charge in [-0.15, -0.1) is 0 Å². The van der Waals surface area contributed by atoms with Crippen molar-refractivity contribution in [3.05, 3.63) is 34.9 Å². The Morgan fingerprint density at radius 3 is 2.41 bits per heavy atom. The van der Waals surface area contributed by atoms with Gasteiger partial charge in [-0.2, -0.15) is 23.1 Å². The number of alkyl halides is 4. The van der Waals surface area contributed by atoms with Gasteiger partial charge in [0, 0.05) is 5.33 Å². The van der Waals surface area contributed by atoms with Crippen molar-refractivity contribution in [1.82, 2.24) is 0 Å². The van der Waals surface area contributed by atoms with E-state index in [0.717, 1.165) is 13.2 Å². The monoisotopic (exact) mass is 330 g/mol. The highest BCUT2D eigenvalue weighted by Crippen LogP contribution is 2.33. The Morgan fingerprint density at radius 1 is 1.41 bits per heavy atom. The molecule has 7 heteroatoms. The van der Waals surface area contributed by atoms with E-state index in [9.17, 15) is 18.0 Å². The molecule has 0 aliphatic heterocycles. The zero-order valence-corrected chi connectivity index (χ0v) is 12.0. The number of halogens is 4. The van der Waals surface area contributed by atoms with E-state index in [1.807, 2.05) is 0 Å². The summed E-state index contributed by atoms with van der Waals surface area (Å²) in [5, 5.41) is 0.0727. The van der Waals surface area contributed by atoms with Crippen LogP contribution in [-0.2, 0) is 16.2 Å². The Bertz CT molecular complexity index is 407. The third-order valence-electron chi connectivity index (χ3n) is 1.98. The van der Waals surface area contributed by atoms with Crippen LogP contribution in [0.5, 0.6) is 0 Å². The average Bonchev–Trinajstić information content (AvgIpc) is 2.26. The van der Waals surface area contributed by atoms with E-state index in [1.165, 1.54) is 12.1 Å². The second-order valence-electron chi connectivity index (χ2n) is 2.99. The van der Waals surface area contributed by atoms with Gasteiger partial charge < -0.3 is 4.74 Å². The zero-order chi connectivity index (χ0) is 12.3. The molecule has 0 fully saturated rings. The first kappa shape index (κ1) is 16.4. The van der Waals surface area contributed by atoms with E-state index in [0.29, 0.717) is 0 Å². The third-order valence-corrected chi connectivity index (χ3v) is 2.58. The van der Waals surface area contributed by atoms with Gasteiger partial charge in [-0.3, -0.25) is 0 Å². The fourth-order valence-electron chi connectivity index (χ4n) is 1.20. The summed E-state index contributed by atoms with van der Waals surface area (Å²) in [4.78, 5) is 11.1. The molecule has 1 aromatic rings. The maximum atomic E-state index is 12.6. The van der Waals surface area contributed by atoms with Crippen molar-refractivity contribution in [2.24, 2.45) is 0 Å². The molecule has 0 N–H and O–H groups in total. The molecule has 0 radical (unpaired) electrons. The predicted octanol–water partition coefficient (Wildman–Crippen LogP) is 3.45. The van der Waals surface area contributed by atoms with Gasteiger partial charge in [-0.25, -0.2) is 4.79 Å². The summed E-state index contributed by atoms with van der Waals surface area (Å²) in [6.45, 7) is 0. The van der Waals surface area contributed by atoms with Crippen LogP contribution in [-0.4, -0.2) is 13.1 Å². The predicted molar refractivity (Wildman–Crippen MR) is 66.5 cm³/mol. The van der Waals surface area contributed by atoms with Gasteiger partial charge in [0.05, 0.1) is 18.2 Å². The van der Waals surface area contributed by atoms with Crippen molar-refractivity contribution >= 4 is 31.8 Å². The van der Waals surface area contributed by atoms with E-state index >= 15 is 0 Å². The number of carbonyl (C=O) groups excluding carboxylic acids is 1. The fraction of sp³-hybridized carbons (Fsp3) is 0.300. The molecule has 17 heavy (non-hydrogen) atoms. The number of rotatable bonds is 2. The summed E-state index contributed by atoms with van der Waals surface area (Å²) in [5.74, 6) is -0.786. The Labute approximate surface area is 108 Å². The van der Waals surface area contributed by atoms with Crippen molar-refractivity contribution in [3.63, 3.8) is 0 Å². The second-order valence-corrected chi connectivity index (χ2v) is 3.56. The number of methoxy groups -OCH3 is 1. The van der Waals surface area contributed by atoms with Crippen molar-refractivity contribution in [2.45, 2.75) is 11.5 Å². The van der Waals surface area contributed by atoms with Crippen LogP contribution in [0.3, 0.4) is 0 Å². The first-order chi connectivity index (χ1) is 7.40. The molecule has 0 aliphatic rings. The number of carbonyl (C=O) groups is 1. The van der Waals surface area contributed by atoms with Gasteiger partial charge in [0.1, 0.15) is 0 Å². The first-order valence-corrected chi connectivity index (χ1v) is 5.36. The Morgan fingerprint density at radius 2 is 2.00 bits per heavy atom. The molecule has 0 bridgehead atoms. The zero-order valence-electron chi connectivity index (χ0n) is 8.97. The van der Waals surface area contributed by atoms with Gasteiger partial charge >= 0.3 is 12.1 Å². The molecule has 0 heterocycles. The summed E-state index contributed by atoms with van der Waals surface area (Å²) in [6.07, 6.45) is -4.48. The average molecular weight is 331 g/mol. The summed E-state index contributed by atoms with van der Waals surface area (Å²) in [7, 11) is 1.12. The molecular formula is C10H11BrF3O2P. The molecule has 1 atom stereocenters. The van der Waals surface area contributed by atoms with Crippen LogP contribution in [0.4, 0.5) is 13.2 Å². The molecule has 1 aromatic carbocycles. The Kier molecular flexibility index (Phi) is 6.13. The number of esters is 1. The minimum atomic E-state index is -4.48. The minimum Gasteiger partial charge on any atom is -0.465 e. The molecule has 2 nitrogen and oxygen atoms in total. The molecule has 0 spiro atoms. The van der Waals surface area contributed by atoms with Crippen LogP contribution < -0.4 is 0 Å². The SMILES string of the molecule is COC(=O)c1ccc(CBr)c(C(F)(F)F)c1.P. The molecule has 0 amide bonds. The first-order valence-electron chi connectivity index (χ1n) is 4.24. The van der Waals surface area contributed by atoms with Crippen molar-refractivity contribution in [2.75, 3.05) is 7.11 Å². The largest absolute Gasteiger partial charge is 0.465 e. The lowest BCUT2D eigenvalue weighted by Crippen LogP contribution is -2.11. The maximum Gasteiger partial charge on any atom is 0.416 e. The molecule has 0 saturated heterocycles. The van der Waals surface area contributed by atoms with E-state index < -0.39 is 17.7 Å². The fourth-order valence-corrected chi connectivity index (χ4v) is 1.69. The van der Waals surface area contributed by atoms with Crippen LogP contribution in [0.1, 0.15) is 21.5 Å². The smallest absolute Gasteiger partial charge is 0.416 e. The van der Waals surface area contributed by atoms with Crippen molar-refractivity contribution in [1.29, 1.82) is 0 Å². The highest BCUT2D eigenvalue weighted by atomic mass is 79.9. The summed E-state index contributed by atoms with van der Waals surface area (Å²) < 4.78 is 42.2. The lowest BCUT2D eigenvalue weighted by Gasteiger charge is -2.12. The van der Waals surface area contributed by atoms with E-state index in [2.05, 4.69) is 20.7 Å². The van der Waals surface area contributed by atoms with Crippen LogP contribution >= 0.6 is 25.8 Å². The molecule has 0 aromatic heterocycles. The Balaban J connectivity index is 0.00000256. The highest BCUT2D eigenvalue weighted by molar-refractivity contribution is 9.08. The quantitative estimate of drug-likeness (QED) is 0.471. The molecule has 0 saturated carbocycles. The molecular weight excluding hydrogens is 320 g/mol. The number of ether oxygens (including phenoxy) is 1. The van der Waals surface area contributed by atoms with Gasteiger partial charge in [0.15, 0.2) is 0 Å². The van der Waals surface area contributed by atoms with E-state index in [-0.39, 0.29) is 26.4 Å². The van der Waals surface area contributed by atoms with Gasteiger partial charge in [0.2, 0.25) is 0 Å². The van der Waals surface area contributed by atoms with Crippen molar-refractivity contribution in [3.8, 4) is 0 Å². The second kappa shape index (κ2) is 6.36. The van der Waals surface area contributed by atoms with Crippen molar-refractivity contribution < 1.29 is 22.7 Å². The summed E-state index contributed by atoms with van der Waals surface area (Å²) in [5.41, 5.74) is -0.855. The number of benzene rings is 1.